The minimum Gasteiger partial charge on any atom is -0.508 e. The number of nitrogens with zero attached hydrogens (tertiary/aromatic N) is 4. The third-order valence-electron chi connectivity index (χ3n) is 10.4. The summed E-state index contributed by atoms with van der Waals surface area (Å²) < 4.78 is 0. The minimum atomic E-state index is -0.700. The molecule has 3 aromatic carbocycles. The van der Waals surface area contributed by atoms with Crippen LogP contribution in [0.1, 0.15) is 81.1 Å². The van der Waals surface area contributed by atoms with Crippen LogP contribution in [0.4, 0.5) is 5.69 Å². The molecule has 0 aliphatic carbocycles. The van der Waals surface area contributed by atoms with Crippen LogP contribution in [-0.2, 0) is 40.6 Å². The van der Waals surface area contributed by atoms with Gasteiger partial charge in [-0.25, -0.2) is 0 Å². The fraction of sp³-hybridized carbons (Fsp3) is 0.395. The van der Waals surface area contributed by atoms with Crippen molar-refractivity contribution in [3.8, 4) is 11.5 Å². The Labute approximate surface area is 295 Å². The standard InChI is InChI=1S/C38H42N6O7/c1-22(2)27-15-28(33(46)16-32(27)45)37(50)43-19-24-7-6-23(14-25(24)20-43)18-41-10-12-42(13-11-41)35(48)17-39-30-5-3-4-26-29(30)21-44(38(26)51)31-8-9-34(47)40-36(31)49/h3-7,14-16,22,31,39,45-46H,8-13,17-21H2,1-2H3,(H,40,47,49). The number of carbonyl (C=O) groups excluding carboxylic acids is 5. The van der Waals surface area contributed by atoms with Crippen LogP contribution in [0.3, 0.4) is 0 Å². The van der Waals surface area contributed by atoms with E-state index in [1.54, 1.807) is 23.1 Å². The summed E-state index contributed by atoms with van der Waals surface area (Å²) in [6, 6.07) is 13.7. The van der Waals surface area contributed by atoms with E-state index < -0.39 is 11.9 Å². The summed E-state index contributed by atoms with van der Waals surface area (Å²) in [6.07, 6.45) is 0.476. The van der Waals surface area contributed by atoms with Gasteiger partial charge in [-0.3, -0.25) is 34.2 Å². The van der Waals surface area contributed by atoms with Crippen LogP contribution in [0.25, 0.3) is 0 Å². The summed E-state index contributed by atoms with van der Waals surface area (Å²) in [5.41, 5.74) is 5.97. The molecule has 0 bridgehead atoms. The molecule has 2 fully saturated rings. The highest BCUT2D eigenvalue weighted by atomic mass is 16.3. The zero-order valence-corrected chi connectivity index (χ0v) is 28.8. The molecule has 0 aromatic heterocycles. The summed E-state index contributed by atoms with van der Waals surface area (Å²) in [5.74, 6) is -1.62. The van der Waals surface area contributed by atoms with Gasteiger partial charge < -0.3 is 30.2 Å². The maximum Gasteiger partial charge on any atom is 0.258 e. The number of fused-ring (bicyclic) bond motifs is 2. The van der Waals surface area contributed by atoms with Gasteiger partial charge in [-0.1, -0.05) is 38.1 Å². The van der Waals surface area contributed by atoms with Gasteiger partial charge in [0.25, 0.3) is 11.8 Å². The zero-order valence-electron chi connectivity index (χ0n) is 28.8. The van der Waals surface area contributed by atoms with Crippen molar-refractivity contribution in [2.75, 3.05) is 38.0 Å². The highest BCUT2D eigenvalue weighted by Crippen LogP contribution is 2.35. The van der Waals surface area contributed by atoms with E-state index in [9.17, 15) is 34.2 Å². The van der Waals surface area contributed by atoms with Crippen molar-refractivity contribution in [3.63, 3.8) is 0 Å². The fourth-order valence-electron chi connectivity index (χ4n) is 7.54. The van der Waals surface area contributed by atoms with Crippen LogP contribution in [0, 0.1) is 0 Å². The van der Waals surface area contributed by atoms with Gasteiger partial charge >= 0.3 is 0 Å². The van der Waals surface area contributed by atoms with Crippen LogP contribution < -0.4 is 10.6 Å². The van der Waals surface area contributed by atoms with Gasteiger partial charge in [-0.05, 0) is 52.8 Å². The van der Waals surface area contributed by atoms with Crippen molar-refractivity contribution >= 4 is 35.2 Å². The largest absolute Gasteiger partial charge is 0.508 e. The van der Waals surface area contributed by atoms with E-state index in [0.29, 0.717) is 62.6 Å². The first-order valence-corrected chi connectivity index (χ1v) is 17.4. The molecule has 4 aliphatic heterocycles. The third kappa shape index (κ3) is 6.73. The predicted molar refractivity (Wildman–Crippen MR) is 187 cm³/mol. The molecule has 0 spiro atoms. The van der Waals surface area contributed by atoms with Gasteiger partial charge in [0.2, 0.25) is 17.7 Å². The zero-order chi connectivity index (χ0) is 36.0. The monoisotopic (exact) mass is 694 g/mol. The molecule has 13 heteroatoms. The summed E-state index contributed by atoms with van der Waals surface area (Å²) in [6.45, 7) is 8.32. The van der Waals surface area contributed by atoms with Gasteiger partial charge in [-0.2, -0.15) is 0 Å². The normalized spacial score (nSPS) is 19.0. The van der Waals surface area contributed by atoms with E-state index in [1.807, 2.05) is 24.8 Å². The van der Waals surface area contributed by atoms with Gasteiger partial charge in [0.05, 0.1) is 12.1 Å². The quantitative estimate of drug-likeness (QED) is 0.260. The van der Waals surface area contributed by atoms with Gasteiger partial charge in [0.1, 0.15) is 17.5 Å². The predicted octanol–water partition coefficient (Wildman–Crippen LogP) is 2.89. The number of phenols is 2. The molecule has 4 N–H and O–H groups in total. The smallest absolute Gasteiger partial charge is 0.258 e. The fourth-order valence-corrected chi connectivity index (χ4v) is 7.54. The highest BCUT2D eigenvalue weighted by molar-refractivity contribution is 6.06. The molecule has 2 saturated heterocycles. The van der Waals surface area contributed by atoms with Gasteiger partial charge in [0.15, 0.2) is 0 Å². The molecular weight excluding hydrogens is 652 g/mol. The summed E-state index contributed by atoms with van der Waals surface area (Å²) in [7, 11) is 0. The van der Waals surface area contributed by atoms with Crippen molar-refractivity contribution in [2.45, 2.75) is 64.8 Å². The second-order valence-corrected chi connectivity index (χ2v) is 14.1. The SMILES string of the molecule is CC(C)c1cc(C(=O)N2Cc3ccc(CN4CCN(C(=O)CNc5cccc6c5CN(C5CCC(=O)NC5=O)C6=O)CC4)cc3C2)c(O)cc1O. The van der Waals surface area contributed by atoms with Gasteiger partial charge in [0, 0.05) is 81.7 Å². The number of benzene rings is 3. The number of piperazine rings is 1. The number of hydrogen-bond donors (Lipinski definition) is 4. The highest BCUT2D eigenvalue weighted by Gasteiger charge is 2.40. The molecule has 266 valence electrons. The Kier molecular flexibility index (Phi) is 9.15. The number of piperidine rings is 1. The Morgan fingerprint density at radius 1 is 0.902 bits per heavy atom. The average molecular weight is 695 g/mol. The Morgan fingerprint density at radius 3 is 2.41 bits per heavy atom. The van der Waals surface area contributed by atoms with Crippen molar-refractivity contribution in [1.29, 1.82) is 0 Å². The molecule has 51 heavy (non-hydrogen) atoms. The summed E-state index contributed by atoms with van der Waals surface area (Å²) >= 11 is 0. The number of anilines is 1. The van der Waals surface area contributed by atoms with Crippen molar-refractivity contribution < 1.29 is 34.2 Å². The molecule has 3 aromatic rings. The van der Waals surface area contributed by atoms with E-state index in [4.69, 9.17) is 0 Å². The number of phenolic OH excluding ortho intramolecular Hbond substituents is 2. The van der Waals surface area contributed by atoms with Crippen LogP contribution in [0.2, 0.25) is 0 Å². The maximum atomic E-state index is 13.4. The number of nitrogens with one attached hydrogen (secondary N) is 2. The van der Waals surface area contributed by atoms with E-state index in [2.05, 4.69) is 33.7 Å². The number of aromatic hydroxyl groups is 2. The molecule has 4 aliphatic rings. The lowest BCUT2D eigenvalue weighted by molar-refractivity contribution is -0.137. The number of amides is 5. The molecule has 4 heterocycles. The van der Waals surface area contributed by atoms with Crippen molar-refractivity contribution in [1.82, 2.24) is 24.9 Å². The minimum absolute atomic E-state index is 0.00280. The van der Waals surface area contributed by atoms with Crippen LogP contribution in [0.5, 0.6) is 11.5 Å². The number of hydrogen-bond acceptors (Lipinski definition) is 9. The Bertz CT molecular complexity index is 1940. The topological polar surface area (TPSA) is 163 Å². The summed E-state index contributed by atoms with van der Waals surface area (Å²) in [5, 5.41) is 26.2. The third-order valence-corrected chi connectivity index (χ3v) is 10.4. The Morgan fingerprint density at radius 2 is 1.67 bits per heavy atom. The number of imide groups is 1. The van der Waals surface area contributed by atoms with Crippen LogP contribution >= 0.6 is 0 Å². The van der Waals surface area contributed by atoms with E-state index in [1.165, 1.54) is 11.0 Å². The van der Waals surface area contributed by atoms with E-state index in [-0.39, 0.29) is 72.5 Å². The Balaban J connectivity index is 0.904. The maximum absolute atomic E-state index is 13.4. The molecular formula is C38H42N6O7. The van der Waals surface area contributed by atoms with Gasteiger partial charge in [-0.15, -0.1) is 0 Å². The first kappa shape index (κ1) is 34.0. The van der Waals surface area contributed by atoms with E-state index >= 15 is 0 Å². The number of carbonyl (C=O) groups is 5. The summed E-state index contributed by atoms with van der Waals surface area (Å²) in [4.78, 5) is 71.1. The molecule has 1 atom stereocenters. The first-order valence-electron chi connectivity index (χ1n) is 17.4. The first-order chi connectivity index (χ1) is 24.5. The molecule has 0 saturated carbocycles. The lowest BCUT2D eigenvalue weighted by Crippen LogP contribution is -2.52. The molecule has 13 nitrogen and oxygen atoms in total. The molecule has 5 amide bonds. The number of rotatable bonds is 8. The second kappa shape index (κ2) is 13.7. The van der Waals surface area contributed by atoms with Crippen molar-refractivity contribution in [2.24, 2.45) is 0 Å². The lowest BCUT2D eigenvalue weighted by Gasteiger charge is -2.35. The van der Waals surface area contributed by atoms with Crippen LogP contribution in [-0.4, -0.2) is 98.1 Å². The van der Waals surface area contributed by atoms with Crippen LogP contribution in [0.15, 0.2) is 48.5 Å². The average Bonchev–Trinajstić information content (AvgIpc) is 3.68. The molecule has 1 unspecified atom stereocenters. The molecule has 0 radical (unpaired) electrons. The van der Waals surface area contributed by atoms with E-state index in [0.717, 1.165) is 22.3 Å². The Hall–Kier alpha value is -5.43. The lowest BCUT2D eigenvalue weighted by atomic mass is 9.98. The molecule has 7 rings (SSSR count). The second-order valence-electron chi connectivity index (χ2n) is 14.1. The van der Waals surface area contributed by atoms with Crippen molar-refractivity contribution in [3.05, 3.63) is 87.5 Å².